The lowest BCUT2D eigenvalue weighted by atomic mass is 10.0. The summed E-state index contributed by atoms with van der Waals surface area (Å²) in [5.74, 6) is 2.79. The van der Waals surface area contributed by atoms with Crippen molar-refractivity contribution < 1.29 is 15.0 Å². The largest absolute Gasteiger partial charge is 0.394 e. The highest BCUT2D eigenvalue weighted by Crippen LogP contribution is 2.21. The van der Waals surface area contributed by atoms with E-state index in [1.165, 1.54) is 0 Å². The van der Waals surface area contributed by atoms with Gasteiger partial charge in [0.2, 0.25) is 0 Å². The molecule has 3 aromatic carbocycles. The number of H-pyrrole nitrogens is 1. The maximum Gasteiger partial charge on any atom is 0.258 e. The summed E-state index contributed by atoms with van der Waals surface area (Å²) in [7, 11) is 0. The Morgan fingerprint density at radius 3 is 2.54 bits per heavy atom. The number of rotatable bonds is 9. The minimum absolute atomic E-state index is 0.193. The van der Waals surface area contributed by atoms with Crippen LogP contribution in [0.25, 0.3) is 10.9 Å². The van der Waals surface area contributed by atoms with Crippen LogP contribution in [-0.4, -0.2) is 45.3 Å². The number of hydrogen-bond acceptors (Lipinski definition) is 6. The van der Waals surface area contributed by atoms with Gasteiger partial charge in [0.15, 0.2) is 0 Å². The van der Waals surface area contributed by atoms with E-state index >= 15 is 0 Å². The number of hydrogen-bond donors (Lipinski definition) is 4. The van der Waals surface area contributed by atoms with Crippen molar-refractivity contribution in [1.82, 2.24) is 15.3 Å². The molecule has 4 rings (SSSR count). The summed E-state index contributed by atoms with van der Waals surface area (Å²) in [5.41, 5.74) is 3.10. The number of benzene rings is 3. The highest BCUT2D eigenvalue weighted by atomic mass is 16.3. The van der Waals surface area contributed by atoms with Gasteiger partial charge >= 0.3 is 0 Å². The standard InChI is InChI=1S/C29H28N4O4/c1-3-15-33(17-20-9-14-25-24(16-20)29(37)31-19(2)30-25)23-12-10-22(11-13-23)28(36)32-26(18-34)27(35)21-7-5-4-6-8-21/h1,4-14,16,26-27,34-35H,15,17-18H2,2H3,(H,32,36)(H,30,31,37)/t26-,27-/m0/s1. The zero-order chi connectivity index (χ0) is 26.4. The fourth-order valence-electron chi connectivity index (χ4n) is 4.15. The Labute approximate surface area is 214 Å². The van der Waals surface area contributed by atoms with Crippen molar-refractivity contribution >= 4 is 22.5 Å². The Morgan fingerprint density at radius 2 is 1.86 bits per heavy atom. The molecule has 1 aromatic heterocycles. The van der Waals surface area contributed by atoms with Crippen LogP contribution in [0, 0.1) is 19.3 Å². The molecule has 188 valence electrons. The van der Waals surface area contributed by atoms with E-state index < -0.39 is 24.7 Å². The number of aromatic amines is 1. The summed E-state index contributed by atoms with van der Waals surface area (Å²) in [5, 5.41) is 23.5. The Bertz CT molecular complexity index is 1480. The fourth-order valence-corrected chi connectivity index (χ4v) is 4.15. The summed E-state index contributed by atoms with van der Waals surface area (Å²) in [4.78, 5) is 34.2. The van der Waals surface area contributed by atoms with Crippen LogP contribution >= 0.6 is 0 Å². The van der Waals surface area contributed by atoms with Crippen LogP contribution in [0.2, 0.25) is 0 Å². The van der Waals surface area contributed by atoms with Crippen molar-refractivity contribution in [3.8, 4) is 12.3 Å². The first-order chi connectivity index (χ1) is 17.9. The number of aryl methyl sites for hydroxylation is 1. The van der Waals surface area contributed by atoms with Gasteiger partial charge in [-0.2, -0.15) is 0 Å². The number of aliphatic hydroxyl groups is 2. The molecule has 4 N–H and O–H groups in total. The summed E-state index contributed by atoms with van der Waals surface area (Å²) >= 11 is 0. The number of terminal acetylenes is 1. The van der Waals surface area contributed by atoms with Crippen LogP contribution in [0.3, 0.4) is 0 Å². The van der Waals surface area contributed by atoms with Gasteiger partial charge in [0, 0.05) is 17.8 Å². The van der Waals surface area contributed by atoms with Crippen molar-refractivity contribution in [3.63, 3.8) is 0 Å². The van der Waals surface area contributed by atoms with Gasteiger partial charge < -0.3 is 25.4 Å². The van der Waals surface area contributed by atoms with E-state index in [9.17, 15) is 19.8 Å². The number of aromatic nitrogens is 2. The Morgan fingerprint density at radius 1 is 1.14 bits per heavy atom. The highest BCUT2D eigenvalue weighted by Gasteiger charge is 2.22. The second-order valence-electron chi connectivity index (χ2n) is 8.73. The van der Waals surface area contributed by atoms with Crippen LogP contribution in [0.1, 0.15) is 33.4 Å². The number of nitrogens with zero attached hydrogens (tertiary/aromatic N) is 2. The lowest BCUT2D eigenvalue weighted by Gasteiger charge is -2.24. The summed E-state index contributed by atoms with van der Waals surface area (Å²) in [6.07, 6.45) is 4.56. The number of aliphatic hydroxyl groups excluding tert-OH is 2. The van der Waals surface area contributed by atoms with Crippen molar-refractivity contribution in [1.29, 1.82) is 0 Å². The molecular formula is C29H28N4O4. The first-order valence-electron chi connectivity index (χ1n) is 11.8. The molecule has 0 aliphatic rings. The fraction of sp³-hybridized carbons (Fsp3) is 0.207. The first kappa shape index (κ1) is 25.6. The normalized spacial score (nSPS) is 12.5. The topological polar surface area (TPSA) is 119 Å². The van der Waals surface area contributed by atoms with Crippen LogP contribution in [0.4, 0.5) is 5.69 Å². The molecule has 0 bridgehead atoms. The average Bonchev–Trinajstić information content (AvgIpc) is 2.92. The molecular weight excluding hydrogens is 468 g/mol. The van der Waals surface area contributed by atoms with Gasteiger partial charge in [0.05, 0.1) is 30.1 Å². The number of fused-ring (bicyclic) bond motifs is 1. The zero-order valence-electron chi connectivity index (χ0n) is 20.4. The van der Waals surface area contributed by atoms with Gasteiger partial charge in [-0.15, -0.1) is 6.42 Å². The summed E-state index contributed by atoms with van der Waals surface area (Å²) in [6, 6.07) is 20.4. The van der Waals surface area contributed by atoms with Crippen LogP contribution in [0.15, 0.2) is 77.6 Å². The highest BCUT2D eigenvalue weighted by molar-refractivity contribution is 5.94. The van der Waals surface area contributed by atoms with E-state index in [4.69, 9.17) is 6.42 Å². The maximum atomic E-state index is 12.8. The smallest absolute Gasteiger partial charge is 0.258 e. The van der Waals surface area contributed by atoms with E-state index in [-0.39, 0.29) is 5.56 Å². The molecule has 0 aliphatic carbocycles. The van der Waals surface area contributed by atoms with E-state index in [0.717, 1.165) is 11.3 Å². The van der Waals surface area contributed by atoms with E-state index in [0.29, 0.717) is 40.9 Å². The Hall–Kier alpha value is -4.45. The zero-order valence-corrected chi connectivity index (χ0v) is 20.4. The minimum atomic E-state index is -1.05. The van der Waals surface area contributed by atoms with Crippen molar-refractivity contribution in [2.75, 3.05) is 18.1 Å². The molecule has 8 nitrogen and oxygen atoms in total. The van der Waals surface area contributed by atoms with Crippen LogP contribution < -0.4 is 15.8 Å². The van der Waals surface area contributed by atoms with Gasteiger partial charge in [-0.25, -0.2) is 4.98 Å². The predicted octanol–water partition coefficient (Wildman–Crippen LogP) is 2.70. The monoisotopic (exact) mass is 496 g/mol. The molecule has 1 amide bonds. The van der Waals surface area contributed by atoms with Crippen molar-refractivity contribution in [2.45, 2.75) is 25.6 Å². The van der Waals surface area contributed by atoms with E-state index in [1.807, 2.05) is 23.1 Å². The predicted molar refractivity (Wildman–Crippen MR) is 143 cm³/mol. The maximum absolute atomic E-state index is 12.8. The molecule has 0 spiro atoms. The number of amides is 1. The van der Waals surface area contributed by atoms with Crippen molar-refractivity contribution in [3.05, 3.63) is 106 Å². The van der Waals surface area contributed by atoms with Gasteiger partial charge in [0.1, 0.15) is 11.9 Å². The molecule has 0 aliphatic heterocycles. The van der Waals surface area contributed by atoms with E-state index in [2.05, 4.69) is 21.2 Å². The van der Waals surface area contributed by atoms with Gasteiger partial charge in [-0.1, -0.05) is 42.3 Å². The molecule has 0 fully saturated rings. The number of anilines is 1. The number of nitrogens with one attached hydrogen (secondary N) is 2. The van der Waals surface area contributed by atoms with Crippen molar-refractivity contribution in [2.24, 2.45) is 0 Å². The Kier molecular flexibility index (Phi) is 7.98. The molecule has 0 radical (unpaired) electrons. The molecule has 0 unspecified atom stereocenters. The number of carbonyl (C=O) groups is 1. The summed E-state index contributed by atoms with van der Waals surface area (Å²) in [6.45, 7) is 2.10. The first-order valence-corrected chi connectivity index (χ1v) is 11.8. The lowest BCUT2D eigenvalue weighted by molar-refractivity contribution is 0.0703. The van der Waals surface area contributed by atoms with Crippen LogP contribution in [0.5, 0.6) is 0 Å². The third kappa shape index (κ3) is 6.04. The SMILES string of the molecule is C#CCN(Cc1ccc2nc(C)[nH]c(=O)c2c1)c1ccc(C(=O)N[C@@H](CO)[C@@H](O)c2ccccc2)cc1. The molecule has 1 heterocycles. The second kappa shape index (κ2) is 11.5. The van der Waals surface area contributed by atoms with E-state index in [1.54, 1.807) is 61.5 Å². The summed E-state index contributed by atoms with van der Waals surface area (Å²) < 4.78 is 0. The molecule has 0 saturated heterocycles. The molecule has 8 heteroatoms. The number of carbonyl (C=O) groups excluding carboxylic acids is 1. The van der Waals surface area contributed by atoms with Gasteiger partial charge in [0.25, 0.3) is 11.5 Å². The molecule has 2 atom stereocenters. The molecule has 4 aromatic rings. The van der Waals surface area contributed by atoms with Crippen LogP contribution in [-0.2, 0) is 6.54 Å². The second-order valence-corrected chi connectivity index (χ2v) is 8.73. The quantitative estimate of drug-likeness (QED) is 0.265. The molecule has 0 saturated carbocycles. The minimum Gasteiger partial charge on any atom is -0.394 e. The third-order valence-electron chi connectivity index (χ3n) is 6.07. The van der Waals surface area contributed by atoms with Gasteiger partial charge in [-0.05, 0) is 54.4 Å². The molecule has 37 heavy (non-hydrogen) atoms. The average molecular weight is 497 g/mol. The lowest BCUT2D eigenvalue weighted by Crippen LogP contribution is -2.42. The van der Waals surface area contributed by atoms with Gasteiger partial charge in [-0.3, -0.25) is 9.59 Å². The Balaban J connectivity index is 1.49. The third-order valence-corrected chi connectivity index (χ3v) is 6.07.